The summed E-state index contributed by atoms with van der Waals surface area (Å²) in [4.78, 5) is 29.2. The largest absolute Gasteiger partial charge is 0.597 e. The molecule has 0 fully saturated rings. The second kappa shape index (κ2) is 15.4. The Morgan fingerprint density at radius 1 is 1.29 bits per heavy atom. The maximum Gasteiger partial charge on any atom is 0.437 e. The number of nitrogens with zero attached hydrogens (tertiary/aromatic N) is 2. The van der Waals surface area contributed by atoms with Crippen LogP contribution in [0.4, 0.5) is 4.79 Å². The highest BCUT2D eigenvalue weighted by Crippen LogP contribution is 2.48. The first-order valence-electron chi connectivity index (χ1n) is 8.47. The standard InChI is InChI=1S/C14H29N4O6PS3/c1-6-22-25(26,23-7-2)10-8-9-16-28(21)11-15-14(20)24-17-12(27-5)13(19)18(3)4/h16H,6-11H2,1-5H3,(H,15,20). The van der Waals surface area contributed by atoms with Crippen molar-refractivity contribution in [3.05, 3.63) is 0 Å². The number of rotatable bonds is 12. The molecule has 14 heteroatoms. The minimum absolute atomic E-state index is 0.0266. The summed E-state index contributed by atoms with van der Waals surface area (Å²) >= 11 is 4.95. The van der Waals surface area contributed by atoms with Crippen LogP contribution < -0.4 is 10.0 Å². The van der Waals surface area contributed by atoms with Gasteiger partial charge in [-0.1, -0.05) is 5.16 Å². The zero-order valence-corrected chi connectivity index (χ0v) is 20.1. The number of hydrogen-bond donors (Lipinski definition) is 2. The summed E-state index contributed by atoms with van der Waals surface area (Å²) < 4.78 is 25.7. The molecule has 0 aromatic heterocycles. The van der Waals surface area contributed by atoms with Crippen LogP contribution in [0.2, 0.25) is 0 Å². The third kappa shape index (κ3) is 12.2. The number of carbonyl (C=O) groups is 2. The molecule has 0 aliphatic rings. The second-order valence-corrected chi connectivity index (χ2v) is 11.2. The Morgan fingerprint density at radius 2 is 1.89 bits per heavy atom. The molecule has 0 saturated carbocycles. The summed E-state index contributed by atoms with van der Waals surface area (Å²) in [6, 6.07) is 0. The molecule has 0 rings (SSSR count). The van der Waals surface area contributed by atoms with Crippen molar-refractivity contribution in [3.63, 3.8) is 0 Å². The predicted molar refractivity (Wildman–Crippen MR) is 117 cm³/mol. The van der Waals surface area contributed by atoms with E-state index in [2.05, 4.69) is 20.0 Å². The fraction of sp³-hybridized carbons (Fsp3) is 0.786. The third-order valence-corrected chi connectivity index (χ3v) is 7.78. The first kappa shape index (κ1) is 27.6. The van der Waals surface area contributed by atoms with Crippen LogP contribution in [0.15, 0.2) is 5.16 Å². The molecule has 0 bridgehead atoms. The molecule has 10 nitrogen and oxygen atoms in total. The van der Waals surface area contributed by atoms with Gasteiger partial charge in [0.25, 0.3) is 5.91 Å². The summed E-state index contributed by atoms with van der Waals surface area (Å²) in [7, 11) is 3.12. The van der Waals surface area contributed by atoms with Gasteiger partial charge in [-0.05, 0) is 38.3 Å². The fourth-order valence-corrected chi connectivity index (χ4v) is 5.54. The van der Waals surface area contributed by atoms with Gasteiger partial charge >= 0.3 is 6.09 Å². The van der Waals surface area contributed by atoms with Gasteiger partial charge in [-0.25, -0.2) is 4.79 Å². The van der Waals surface area contributed by atoms with E-state index < -0.39 is 23.9 Å². The molecule has 0 heterocycles. The number of nitrogens with one attached hydrogen (secondary N) is 2. The molecule has 0 spiro atoms. The first-order valence-corrected chi connectivity index (χ1v) is 13.8. The Kier molecular flexibility index (Phi) is 15.2. The van der Waals surface area contributed by atoms with E-state index in [0.29, 0.717) is 32.3 Å². The highest BCUT2D eigenvalue weighted by molar-refractivity contribution is 8.15. The van der Waals surface area contributed by atoms with Crippen LogP contribution in [0.1, 0.15) is 20.3 Å². The Bertz CT molecular complexity index is 557. The lowest BCUT2D eigenvalue weighted by atomic mass is 10.5. The van der Waals surface area contributed by atoms with E-state index in [-0.39, 0.29) is 16.8 Å². The van der Waals surface area contributed by atoms with Gasteiger partial charge in [0.15, 0.2) is 6.49 Å². The minimum atomic E-state index is -2.29. The summed E-state index contributed by atoms with van der Waals surface area (Å²) in [5, 5.41) is 5.83. The van der Waals surface area contributed by atoms with Gasteiger partial charge in [-0.15, -0.1) is 16.5 Å². The highest BCUT2D eigenvalue weighted by Gasteiger charge is 2.18. The summed E-state index contributed by atoms with van der Waals surface area (Å²) in [6.45, 7) is 2.84. The number of thioether (sulfide) groups is 1. The maximum atomic E-state index is 11.9. The van der Waals surface area contributed by atoms with Gasteiger partial charge in [0.1, 0.15) is 0 Å². The molecule has 1 atom stereocenters. The summed E-state index contributed by atoms with van der Waals surface area (Å²) in [5.41, 5.74) is 0. The van der Waals surface area contributed by atoms with Gasteiger partial charge in [0.05, 0.1) is 24.6 Å². The minimum Gasteiger partial charge on any atom is -0.597 e. The van der Waals surface area contributed by atoms with E-state index in [9.17, 15) is 14.1 Å². The lowest BCUT2D eigenvalue weighted by Crippen LogP contribution is -2.37. The average Bonchev–Trinajstić information content (AvgIpc) is 2.64. The van der Waals surface area contributed by atoms with Crippen molar-refractivity contribution in [1.29, 1.82) is 0 Å². The Hall–Kier alpha value is -0.400. The van der Waals surface area contributed by atoms with Crippen LogP contribution in [0.3, 0.4) is 0 Å². The first-order chi connectivity index (χ1) is 13.2. The highest BCUT2D eigenvalue weighted by atomic mass is 32.5. The normalized spacial score (nSPS) is 13.1. The van der Waals surface area contributed by atoms with E-state index in [1.54, 1.807) is 20.4 Å². The number of carbonyl (C=O) groups excluding carboxylic acids is 2. The molecule has 164 valence electrons. The number of amides is 2. The van der Waals surface area contributed by atoms with Crippen LogP contribution in [0, 0.1) is 0 Å². The molecule has 0 aliphatic carbocycles. The molecule has 2 N–H and O–H groups in total. The smallest absolute Gasteiger partial charge is 0.437 e. The van der Waals surface area contributed by atoms with E-state index >= 15 is 0 Å². The van der Waals surface area contributed by atoms with Crippen LogP contribution in [-0.4, -0.2) is 78.6 Å². The van der Waals surface area contributed by atoms with Crippen molar-refractivity contribution in [1.82, 2.24) is 14.9 Å². The third-order valence-electron chi connectivity index (χ3n) is 2.86. The molecule has 0 aliphatic heterocycles. The van der Waals surface area contributed by atoms with Gasteiger partial charge in [-0.2, -0.15) is 0 Å². The molecule has 1 unspecified atom stereocenters. The van der Waals surface area contributed by atoms with Crippen molar-refractivity contribution in [2.75, 3.05) is 52.1 Å². The topological polar surface area (TPSA) is 125 Å². The van der Waals surface area contributed by atoms with E-state index in [1.807, 2.05) is 13.8 Å². The maximum absolute atomic E-state index is 11.9. The SMILES string of the molecule is CCOP(=S)(CCCN[S+]([O-])CNC(=O)ON=C(SC)C(=O)N(C)C)OCC. The Labute approximate surface area is 179 Å². The quantitative estimate of drug-likeness (QED) is 0.0819. The van der Waals surface area contributed by atoms with Crippen LogP contribution in [-0.2, 0) is 41.8 Å². The van der Waals surface area contributed by atoms with Gasteiger partial charge in [0, 0.05) is 26.8 Å². The Balaban J connectivity index is 4.18. The van der Waals surface area contributed by atoms with E-state index in [1.165, 1.54) is 4.90 Å². The van der Waals surface area contributed by atoms with Crippen molar-refractivity contribution in [3.8, 4) is 0 Å². The van der Waals surface area contributed by atoms with E-state index in [4.69, 9.17) is 20.9 Å². The summed E-state index contributed by atoms with van der Waals surface area (Å²) in [6.07, 6.45) is 1.92. The van der Waals surface area contributed by atoms with Crippen LogP contribution in [0.25, 0.3) is 0 Å². The van der Waals surface area contributed by atoms with Crippen molar-refractivity contribution < 1.29 is 28.0 Å². The van der Waals surface area contributed by atoms with Crippen molar-refractivity contribution in [2.45, 2.75) is 20.3 Å². The van der Waals surface area contributed by atoms with Crippen molar-refractivity contribution in [2.24, 2.45) is 5.16 Å². The zero-order valence-electron chi connectivity index (χ0n) is 16.8. The Morgan fingerprint density at radius 3 is 2.39 bits per heavy atom. The number of oxime groups is 1. The molecular formula is C14H29N4O6PS3. The van der Waals surface area contributed by atoms with Crippen LogP contribution in [0.5, 0.6) is 0 Å². The van der Waals surface area contributed by atoms with E-state index in [0.717, 1.165) is 11.8 Å². The molecule has 2 amide bonds. The van der Waals surface area contributed by atoms with Crippen LogP contribution >= 0.6 is 18.3 Å². The molecule has 0 aromatic carbocycles. The molecule has 0 aromatic rings. The molecule has 28 heavy (non-hydrogen) atoms. The van der Waals surface area contributed by atoms with Gasteiger partial charge < -0.3 is 18.5 Å². The lowest BCUT2D eigenvalue weighted by Gasteiger charge is -2.21. The zero-order chi connectivity index (χ0) is 21.6. The van der Waals surface area contributed by atoms with Gasteiger partial charge in [-0.3, -0.25) is 14.9 Å². The summed E-state index contributed by atoms with van der Waals surface area (Å²) in [5.74, 6) is -0.555. The lowest BCUT2D eigenvalue weighted by molar-refractivity contribution is -0.121. The molecule has 0 radical (unpaired) electrons. The fourth-order valence-electron chi connectivity index (χ4n) is 1.66. The second-order valence-electron chi connectivity index (χ2n) is 5.26. The van der Waals surface area contributed by atoms with Crippen molar-refractivity contribution >= 4 is 58.5 Å². The molecule has 0 saturated heterocycles. The monoisotopic (exact) mass is 476 g/mol. The van der Waals surface area contributed by atoms with Gasteiger partial charge in [0.2, 0.25) is 10.9 Å². The number of hydrogen-bond acceptors (Lipinski definition) is 10. The molecular weight excluding hydrogens is 447 g/mol. The predicted octanol–water partition coefficient (Wildman–Crippen LogP) is 1.46. The average molecular weight is 477 g/mol.